The predicted molar refractivity (Wildman–Crippen MR) is 82.1 cm³/mol. The van der Waals surface area contributed by atoms with Crippen molar-refractivity contribution in [3.63, 3.8) is 0 Å². The third-order valence-electron chi connectivity index (χ3n) is 5.00. The summed E-state index contributed by atoms with van der Waals surface area (Å²) in [5, 5.41) is 9.94. The Labute approximate surface area is 134 Å². The molecule has 4 nitrogen and oxygen atoms in total. The zero-order valence-corrected chi connectivity index (χ0v) is 13.2. The minimum Gasteiger partial charge on any atom is -0.493 e. The van der Waals surface area contributed by atoms with Gasteiger partial charge >= 0.3 is 6.61 Å². The minimum absolute atomic E-state index is 0.0328. The first-order valence-corrected chi connectivity index (χ1v) is 7.67. The van der Waals surface area contributed by atoms with Gasteiger partial charge < -0.3 is 19.5 Å². The van der Waals surface area contributed by atoms with Crippen LogP contribution >= 0.6 is 0 Å². The van der Waals surface area contributed by atoms with E-state index in [4.69, 9.17) is 4.74 Å². The third-order valence-corrected chi connectivity index (χ3v) is 5.00. The summed E-state index contributed by atoms with van der Waals surface area (Å²) in [7, 11) is 3.48. The molecule has 1 fully saturated rings. The summed E-state index contributed by atoms with van der Waals surface area (Å²) in [6.45, 7) is -1.97. The van der Waals surface area contributed by atoms with E-state index in [1.807, 2.05) is 19.2 Å². The van der Waals surface area contributed by atoms with Crippen LogP contribution in [0.2, 0.25) is 0 Å². The largest absolute Gasteiger partial charge is 0.493 e. The summed E-state index contributed by atoms with van der Waals surface area (Å²) in [6.07, 6.45) is 5.00. The molecule has 1 saturated heterocycles. The zero-order valence-electron chi connectivity index (χ0n) is 13.2. The fourth-order valence-corrected chi connectivity index (χ4v) is 3.84. The molecule has 3 atom stereocenters. The van der Waals surface area contributed by atoms with Crippen LogP contribution in [0.15, 0.2) is 30.4 Å². The van der Waals surface area contributed by atoms with E-state index in [0.29, 0.717) is 12.2 Å². The monoisotopic (exact) mass is 325 g/mol. The van der Waals surface area contributed by atoms with E-state index < -0.39 is 12.7 Å². The van der Waals surface area contributed by atoms with Crippen LogP contribution in [0.25, 0.3) is 0 Å². The van der Waals surface area contributed by atoms with E-state index in [-0.39, 0.29) is 17.2 Å². The second kappa shape index (κ2) is 6.09. The topological polar surface area (TPSA) is 41.9 Å². The van der Waals surface area contributed by atoms with Gasteiger partial charge in [0.25, 0.3) is 0 Å². The maximum atomic E-state index is 12.5. The number of methoxy groups -OCH3 is 1. The van der Waals surface area contributed by atoms with Crippen molar-refractivity contribution in [3.8, 4) is 11.5 Å². The highest BCUT2D eigenvalue weighted by Gasteiger charge is 2.48. The van der Waals surface area contributed by atoms with Gasteiger partial charge in [0.05, 0.1) is 13.2 Å². The van der Waals surface area contributed by atoms with Crippen molar-refractivity contribution in [1.82, 2.24) is 4.90 Å². The number of ether oxygens (including phenoxy) is 2. The van der Waals surface area contributed by atoms with Gasteiger partial charge in [-0.15, -0.1) is 0 Å². The number of benzene rings is 1. The third kappa shape index (κ3) is 2.81. The average Bonchev–Trinajstić information content (AvgIpc) is 2.85. The second-order valence-electron chi connectivity index (χ2n) is 6.19. The molecule has 1 aromatic carbocycles. The van der Waals surface area contributed by atoms with Crippen LogP contribution in [-0.2, 0) is 5.41 Å². The van der Waals surface area contributed by atoms with Gasteiger partial charge in [-0.05, 0) is 44.1 Å². The number of nitrogens with zero attached hydrogens (tertiary/aromatic N) is 1. The summed E-state index contributed by atoms with van der Waals surface area (Å²) < 4.78 is 34.7. The van der Waals surface area contributed by atoms with Crippen molar-refractivity contribution in [2.75, 3.05) is 20.7 Å². The van der Waals surface area contributed by atoms with Crippen molar-refractivity contribution >= 4 is 0 Å². The molecule has 3 rings (SSSR count). The molecule has 126 valence electrons. The lowest BCUT2D eigenvalue weighted by Crippen LogP contribution is -2.44. The van der Waals surface area contributed by atoms with Crippen molar-refractivity contribution in [3.05, 3.63) is 35.9 Å². The molecule has 0 radical (unpaired) electrons. The molecule has 23 heavy (non-hydrogen) atoms. The number of aliphatic hydroxyl groups excluding tert-OH is 1. The van der Waals surface area contributed by atoms with E-state index in [0.717, 1.165) is 18.5 Å². The summed E-state index contributed by atoms with van der Waals surface area (Å²) in [4.78, 5) is 2.24. The fraction of sp³-hybridized carbons (Fsp3) is 0.529. The Kier molecular flexibility index (Phi) is 4.29. The highest BCUT2D eigenvalue weighted by atomic mass is 19.3. The first-order valence-electron chi connectivity index (χ1n) is 7.67. The normalized spacial score (nSPS) is 30.5. The van der Waals surface area contributed by atoms with E-state index in [9.17, 15) is 13.9 Å². The predicted octanol–water partition coefficient (Wildman–Crippen LogP) is 2.56. The lowest BCUT2D eigenvalue weighted by molar-refractivity contribution is -0.0512. The van der Waals surface area contributed by atoms with Crippen molar-refractivity contribution < 1.29 is 23.4 Å². The quantitative estimate of drug-likeness (QED) is 0.864. The Morgan fingerprint density at radius 2 is 2.13 bits per heavy atom. The highest BCUT2D eigenvalue weighted by Crippen LogP contribution is 2.47. The van der Waals surface area contributed by atoms with Crippen molar-refractivity contribution in [2.45, 2.75) is 37.0 Å². The lowest BCUT2D eigenvalue weighted by Gasteiger charge is -2.39. The van der Waals surface area contributed by atoms with Gasteiger partial charge in [-0.25, -0.2) is 0 Å². The maximum absolute atomic E-state index is 12.5. The van der Waals surface area contributed by atoms with Crippen molar-refractivity contribution in [1.29, 1.82) is 0 Å². The van der Waals surface area contributed by atoms with Crippen LogP contribution in [0.3, 0.4) is 0 Å². The average molecular weight is 325 g/mol. The number of rotatable bonds is 4. The molecule has 0 saturated carbocycles. The van der Waals surface area contributed by atoms with Crippen LogP contribution < -0.4 is 9.47 Å². The van der Waals surface area contributed by atoms with Gasteiger partial charge in [-0.1, -0.05) is 18.2 Å². The number of hydrogen-bond donors (Lipinski definition) is 1. The van der Waals surface area contributed by atoms with Gasteiger partial charge in [0.15, 0.2) is 11.5 Å². The van der Waals surface area contributed by atoms with Gasteiger partial charge in [-0.2, -0.15) is 8.78 Å². The highest BCUT2D eigenvalue weighted by molar-refractivity contribution is 5.48. The molecule has 0 amide bonds. The molecular weight excluding hydrogens is 304 g/mol. The number of fused-ring (bicyclic) bond motifs is 1. The van der Waals surface area contributed by atoms with E-state index in [1.165, 1.54) is 13.2 Å². The molecule has 0 spiro atoms. The molecule has 0 unspecified atom stereocenters. The Balaban J connectivity index is 2.01. The Morgan fingerprint density at radius 3 is 2.83 bits per heavy atom. The van der Waals surface area contributed by atoms with Crippen molar-refractivity contribution in [2.24, 2.45) is 0 Å². The van der Waals surface area contributed by atoms with E-state index >= 15 is 0 Å². The van der Waals surface area contributed by atoms with Crippen LogP contribution in [0.4, 0.5) is 8.78 Å². The SMILES string of the molecule is COc1cc([C@@]23C=C[C@H](O)C[C@@H]2N(C)CC3)ccc1OC(F)F. The molecule has 1 aliphatic carbocycles. The zero-order chi connectivity index (χ0) is 16.6. The molecule has 1 heterocycles. The van der Waals surface area contributed by atoms with Gasteiger partial charge in [0.2, 0.25) is 0 Å². The van der Waals surface area contributed by atoms with E-state index in [2.05, 4.69) is 15.7 Å². The molecule has 2 aliphatic rings. The maximum Gasteiger partial charge on any atom is 0.387 e. The Hall–Kier alpha value is -1.66. The number of halogens is 2. The molecular formula is C17H21F2NO3. The number of likely N-dealkylation sites (tertiary alicyclic amines) is 1. The molecule has 1 N–H and O–H groups in total. The Bertz CT molecular complexity index is 608. The standard InChI is InChI=1S/C17H21F2NO3/c1-20-8-7-17(6-5-12(21)10-15(17)20)11-3-4-13(23-16(18)19)14(9-11)22-2/h3-6,9,12,15-16,21H,7-8,10H2,1-2H3/t12-,15-,17-/m0/s1. The van der Waals surface area contributed by atoms with Crippen LogP contribution in [0, 0.1) is 0 Å². The lowest BCUT2D eigenvalue weighted by atomic mass is 9.69. The van der Waals surface area contributed by atoms with Gasteiger partial charge in [0, 0.05) is 11.5 Å². The summed E-state index contributed by atoms with van der Waals surface area (Å²) >= 11 is 0. The number of aliphatic hydroxyl groups is 1. The molecule has 1 aliphatic heterocycles. The minimum atomic E-state index is -2.89. The number of likely N-dealkylation sites (N-methyl/N-ethyl adjacent to an activating group) is 1. The van der Waals surface area contributed by atoms with Gasteiger partial charge in [0.1, 0.15) is 0 Å². The smallest absolute Gasteiger partial charge is 0.387 e. The van der Waals surface area contributed by atoms with Crippen LogP contribution in [0.1, 0.15) is 18.4 Å². The summed E-state index contributed by atoms with van der Waals surface area (Å²) in [5.74, 6) is 0.329. The second-order valence-corrected chi connectivity index (χ2v) is 6.19. The molecule has 0 bridgehead atoms. The summed E-state index contributed by atoms with van der Waals surface area (Å²) in [5.41, 5.74) is 0.762. The molecule has 1 aromatic rings. The molecule has 6 heteroatoms. The van der Waals surface area contributed by atoms with E-state index in [1.54, 1.807) is 6.07 Å². The van der Waals surface area contributed by atoms with Crippen LogP contribution in [-0.4, -0.2) is 49.5 Å². The Morgan fingerprint density at radius 1 is 1.35 bits per heavy atom. The van der Waals surface area contributed by atoms with Crippen LogP contribution in [0.5, 0.6) is 11.5 Å². The number of hydrogen-bond acceptors (Lipinski definition) is 4. The molecule has 0 aromatic heterocycles. The summed E-state index contributed by atoms with van der Waals surface area (Å²) in [6, 6.07) is 5.29. The van der Waals surface area contributed by atoms with Gasteiger partial charge in [-0.3, -0.25) is 0 Å². The fourth-order valence-electron chi connectivity index (χ4n) is 3.84. The number of alkyl halides is 2. The first kappa shape index (κ1) is 16.2. The first-order chi connectivity index (χ1) is 11.0.